The molecule has 3 aromatic rings. The normalized spacial score (nSPS) is 10.8. The van der Waals surface area contributed by atoms with Crippen LogP contribution >= 0.6 is 11.6 Å². The largest absolute Gasteiger partial charge is 0.451 e. The zero-order chi connectivity index (χ0) is 22.2. The van der Waals surface area contributed by atoms with E-state index >= 15 is 0 Å². The molecule has 162 valence electrons. The number of halogens is 1. The number of para-hydroxylation sites is 1. The lowest BCUT2D eigenvalue weighted by molar-refractivity contribution is -0.119. The van der Waals surface area contributed by atoms with Crippen LogP contribution in [-0.4, -0.2) is 28.3 Å². The molecule has 0 aliphatic heterocycles. The maximum atomic E-state index is 12.7. The Hall–Kier alpha value is -3.19. The summed E-state index contributed by atoms with van der Waals surface area (Å²) >= 11 is 6.02. The lowest BCUT2D eigenvalue weighted by Crippen LogP contribution is -2.28. The van der Waals surface area contributed by atoms with Gasteiger partial charge in [-0.15, -0.1) is 0 Å². The Balaban J connectivity index is 1.76. The van der Waals surface area contributed by atoms with Gasteiger partial charge in [0.2, 0.25) is 0 Å². The standard InChI is InChI=1S/C23H24ClN3O4/c1-2-3-4-9-14-27-22(29)17-11-6-5-10-16(17)21(26-27)23(30)31-15-20(28)25-19-13-8-7-12-18(19)24/h5-8,10-13H,2-4,9,14-15H2,1H3,(H,25,28). The molecule has 0 spiro atoms. The number of unbranched alkanes of at least 4 members (excludes halogenated alkanes) is 3. The summed E-state index contributed by atoms with van der Waals surface area (Å²) in [5.41, 5.74) is 0.186. The third kappa shape index (κ3) is 5.70. The number of aromatic nitrogens is 2. The fraction of sp³-hybridized carbons (Fsp3) is 0.304. The summed E-state index contributed by atoms with van der Waals surface area (Å²) in [7, 11) is 0. The molecule has 1 heterocycles. The molecule has 1 amide bonds. The second-order valence-corrected chi connectivity index (χ2v) is 7.49. The van der Waals surface area contributed by atoms with E-state index in [1.54, 1.807) is 48.5 Å². The highest BCUT2D eigenvalue weighted by molar-refractivity contribution is 6.33. The van der Waals surface area contributed by atoms with E-state index in [0.29, 0.717) is 28.0 Å². The molecule has 0 bridgehead atoms. The number of rotatable bonds is 9. The molecule has 0 aliphatic rings. The van der Waals surface area contributed by atoms with E-state index in [9.17, 15) is 14.4 Å². The number of hydrogen-bond donors (Lipinski definition) is 1. The van der Waals surface area contributed by atoms with E-state index in [-0.39, 0.29) is 11.3 Å². The number of benzene rings is 2. The molecular formula is C23H24ClN3O4. The molecule has 0 atom stereocenters. The molecule has 3 rings (SSSR count). The van der Waals surface area contributed by atoms with E-state index in [4.69, 9.17) is 16.3 Å². The number of nitrogens with zero attached hydrogens (tertiary/aromatic N) is 2. The van der Waals surface area contributed by atoms with Gasteiger partial charge < -0.3 is 10.1 Å². The number of ether oxygens (including phenoxy) is 1. The first kappa shape index (κ1) is 22.5. The Kier molecular flexibility index (Phi) is 7.78. The minimum atomic E-state index is -0.771. The highest BCUT2D eigenvalue weighted by Crippen LogP contribution is 2.20. The smallest absolute Gasteiger partial charge is 0.359 e. The van der Waals surface area contributed by atoms with Gasteiger partial charge in [0.05, 0.1) is 16.1 Å². The third-order valence-electron chi connectivity index (χ3n) is 4.77. The predicted molar refractivity (Wildman–Crippen MR) is 121 cm³/mol. The predicted octanol–water partition coefficient (Wildman–Crippen LogP) is 4.43. The van der Waals surface area contributed by atoms with Crippen LogP contribution in [0.4, 0.5) is 5.69 Å². The number of carbonyl (C=O) groups excluding carboxylic acids is 2. The van der Waals surface area contributed by atoms with Crippen LogP contribution < -0.4 is 10.9 Å². The minimum absolute atomic E-state index is 0.0104. The van der Waals surface area contributed by atoms with Crippen LogP contribution in [0.5, 0.6) is 0 Å². The van der Waals surface area contributed by atoms with Crippen LogP contribution in [0, 0.1) is 0 Å². The van der Waals surface area contributed by atoms with Crippen molar-refractivity contribution in [1.29, 1.82) is 0 Å². The molecule has 7 nitrogen and oxygen atoms in total. The Morgan fingerprint density at radius 1 is 1.03 bits per heavy atom. The van der Waals surface area contributed by atoms with Crippen molar-refractivity contribution < 1.29 is 14.3 Å². The molecule has 0 unspecified atom stereocenters. The topological polar surface area (TPSA) is 90.3 Å². The molecular weight excluding hydrogens is 418 g/mol. The Labute approximate surface area is 185 Å². The van der Waals surface area contributed by atoms with Crippen LogP contribution in [0.1, 0.15) is 43.1 Å². The fourth-order valence-corrected chi connectivity index (χ4v) is 3.36. The summed E-state index contributed by atoms with van der Waals surface area (Å²) < 4.78 is 6.48. The first-order chi connectivity index (χ1) is 15.0. The quantitative estimate of drug-likeness (QED) is 0.392. The van der Waals surface area contributed by atoms with E-state index < -0.39 is 18.5 Å². The molecule has 0 fully saturated rings. The molecule has 0 saturated heterocycles. The first-order valence-electron chi connectivity index (χ1n) is 10.2. The highest BCUT2D eigenvalue weighted by atomic mass is 35.5. The van der Waals surface area contributed by atoms with Gasteiger partial charge in [-0.3, -0.25) is 9.59 Å². The summed E-state index contributed by atoms with van der Waals surface area (Å²) in [5, 5.41) is 8.01. The summed E-state index contributed by atoms with van der Waals surface area (Å²) in [6.45, 7) is 2.02. The van der Waals surface area contributed by atoms with Crippen molar-refractivity contribution in [2.45, 2.75) is 39.2 Å². The summed E-state index contributed by atoms with van der Waals surface area (Å²) in [6.07, 6.45) is 3.90. The van der Waals surface area contributed by atoms with Crippen molar-refractivity contribution in [2.75, 3.05) is 11.9 Å². The van der Waals surface area contributed by atoms with Gasteiger partial charge in [-0.05, 0) is 24.6 Å². The van der Waals surface area contributed by atoms with Gasteiger partial charge in [-0.25, -0.2) is 9.48 Å². The molecule has 1 aromatic heterocycles. The van der Waals surface area contributed by atoms with E-state index in [0.717, 1.165) is 25.7 Å². The lowest BCUT2D eigenvalue weighted by Gasteiger charge is -2.11. The Morgan fingerprint density at radius 3 is 2.48 bits per heavy atom. The fourth-order valence-electron chi connectivity index (χ4n) is 3.17. The average Bonchev–Trinajstić information content (AvgIpc) is 2.78. The lowest BCUT2D eigenvalue weighted by atomic mass is 10.1. The summed E-state index contributed by atoms with van der Waals surface area (Å²) in [4.78, 5) is 37.6. The zero-order valence-corrected chi connectivity index (χ0v) is 18.0. The molecule has 2 aromatic carbocycles. The van der Waals surface area contributed by atoms with Crippen molar-refractivity contribution in [3.05, 3.63) is 69.6 Å². The van der Waals surface area contributed by atoms with Gasteiger partial charge in [0.1, 0.15) is 0 Å². The van der Waals surface area contributed by atoms with Gasteiger partial charge in [-0.1, -0.05) is 68.1 Å². The van der Waals surface area contributed by atoms with Crippen molar-refractivity contribution >= 4 is 39.9 Å². The van der Waals surface area contributed by atoms with E-state index in [1.165, 1.54) is 4.68 Å². The Bertz CT molecular complexity index is 1140. The Morgan fingerprint density at radius 2 is 1.74 bits per heavy atom. The van der Waals surface area contributed by atoms with E-state index in [1.807, 2.05) is 0 Å². The first-order valence-corrected chi connectivity index (χ1v) is 10.6. The maximum absolute atomic E-state index is 12.7. The number of esters is 1. The number of aryl methyl sites for hydroxylation is 1. The van der Waals surface area contributed by atoms with Gasteiger partial charge in [0.25, 0.3) is 11.5 Å². The van der Waals surface area contributed by atoms with Crippen LogP contribution in [0.2, 0.25) is 5.02 Å². The number of carbonyl (C=O) groups is 2. The van der Waals surface area contributed by atoms with Gasteiger partial charge in [0.15, 0.2) is 12.3 Å². The van der Waals surface area contributed by atoms with Crippen LogP contribution in [0.3, 0.4) is 0 Å². The number of fused-ring (bicyclic) bond motifs is 1. The molecule has 8 heteroatoms. The molecule has 1 N–H and O–H groups in total. The monoisotopic (exact) mass is 441 g/mol. The van der Waals surface area contributed by atoms with Crippen LogP contribution in [0.25, 0.3) is 10.8 Å². The zero-order valence-electron chi connectivity index (χ0n) is 17.3. The number of nitrogens with one attached hydrogen (secondary N) is 1. The van der Waals surface area contributed by atoms with Gasteiger partial charge >= 0.3 is 5.97 Å². The second-order valence-electron chi connectivity index (χ2n) is 7.09. The van der Waals surface area contributed by atoms with Crippen LogP contribution in [-0.2, 0) is 16.1 Å². The molecule has 0 radical (unpaired) electrons. The van der Waals surface area contributed by atoms with Crippen LogP contribution in [0.15, 0.2) is 53.3 Å². The molecule has 31 heavy (non-hydrogen) atoms. The third-order valence-corrected chi connectivity index (χ3v) is 5.10. The van der Waals surface area contributed by atoms with Gasteiger partial charge in [0, 0.05) is 11.9 Å². The van der Waals surface area contributed by atoms with Gasteiger partial charge in [-0.2, -0.15) is 5.10 Å². The van der Waals surface area contributed by atoms with Crippen molar-refractivity contribution in [3.63, 3.8) is 0 Å². The van der Waals surface area contributed by atoms with E-state index in [2.05, 4.69) is 17.3 Å². The highest BCUT2D eigenvalue weighted by Gasteiger charge is 2.19. The number of hydrogen-bond acceptors (Lipinski definition) is 5. The maximum Gasteiger partial charge on any atom is 0.359 e. The number of amides is 1. The minimum Gasteiger partial charge on any atom is -0.451 e. The number of anilines is 1. The second kappa shape index (κ2) is 10.7. The van der Waals surface area contributed by atoms with Crippen molar-refractivity contribution in [1.82, 2.24) is 9.78 Å². The van der Waals surface area contributed by atoms with Crippen molar-refractivity contribution in [2.24, 2.45) is 0 Å². The SMILES string of the molecule is CCCCCCn1nc(C(=O)OCC(=O)Nc2ccccc2Cl)c2ccccc2c1=O. The average molecular weight is 442 g/mol. The summed E-state index contributed by atoms with van der Waals surface area (Å²) in [5.74, 6) is -1.30. The molecule has 0 aliphatic carbocycles. The summed E-state index contributed by atoms with van der Waals surface area (Å²) in [6, 6.07) is 13.5. The molecule has 0 saturated carbocycles. The van der Waals surface area contributed by atoms with Crippen molar-refractivity contribution in [3.8, 4) is 0 Å².